The average Bonchev–Trinajstić information content (AvgIpc) is 2.74. The molecule has 1 heterocycles. The molecule has 1 atom stereocenters. The molecule has 1 aromatic carbocycles. The normalized spacial score (nSPS) is 19.6. The molecule has 19 heavy (non-hydrogen) atoms. The summed E-state index contributed by atoms with van der Waals surface area (Å²) in [5, 5.41) is 9.00. The first kappa shape index (κ1) is 14.3. The summed E-state index contributed by atoms with van der Waals surface area (Å²) in [4.78, 5) is 15.5. The topological polar surface area (TPSA) is 43.8 Å². The van der Waals surface area contributed by atoms with E-state index in [-0.39, 0.29) is 0 Å². The monoisotopic (exact) mass is 326 g/mol. The van der Waals surface area contributed by atoms with Gasteiger partial charge in [0, 0.05) is 30.3 Å². The van der Waals surface area contributed by atoms with E-state index >= 15 is 0 Å². The van der Waals surface area contributed by atoms with Gasteiger partial charge in [-0.1, -0.05) is 0 Å². The van der Waals surface area contributed by atoms with Crippen LogP contribution in [0.3, 0.4) is 0 Å². The quantitative estimate of drug-likeness (QED) is 0.923. The van der Waals surface area contributed by atoms with E-state index in [1.54, 1.807) is 6.07 Å². The summed E-state index contributed by atoms with van der Waals surface area (Å²) >= 11 is 3.32. The highest BCUT2D eigenvalue weighted by Gasteiger charge is 2.21. The van der Waals surface area contributed by atoms with Crippen LogP contribution in [0.4, 0.5) is 5.69 Å². The zero-order valence-corrected chi connectivity index (χ0v) is 12.9. The van der Waals surface area contributed by atoms with Crippen molar-refractivity contribution < 1.29 is 9.90 Å². The Balaban J connectivity index is 2.05. The SMILES string of the molecule is CN1CCC(CN(C)c2ccc(C(=O)O)c(Br)c2)C1. The lowest BCUT2D eigenvalue weighted by Gasteiger charge is -2.23. The molecule has 1 fully saturated rings. The minimum atomic E-state index is -0.904. The third-order valence-corrected chi connectivity index (χ3v) is 4.30. The van der Waals surface area contributed by atoms with Crippen LogP contribution in [0.15, 0.2) is 22.7 Å². The molecular weight excluding hydrogens is 308 g/mol. The van der Waals surface area contributed by atoms with Crippen LogP contribution >= 0.6 is 15.9 Å². The summed E-state index contributed by atoms with van der Waals surface area (Å²) in [7, 11) is 4.21. The Hall–Kier alpha value is -1.07. The van der Waals surface area contributed by atoms with Crippen molar-refractivity contribution in [2.24, 2.45) is 5.92 Å². The molecule has 1 unspecified atom stereocenters. The molecule has 5 heteroatoms. The van der Waals surface area contributed by atoms with Crippen LogP contribution in [-0.2, 0) is 0 Å². The highest BCUT2D eigenvalue weighted by molar-refractivity contribution is 9.10. The van der Waals surface area contributed by atoms with Gasteiger partial charge in [-0.15, -0.1) is 0 Å². The number of hydrogen-bond acceptors (Lipinski definition) is 3. The molecule has 0 spiro atoms. The molecule has 2 rings (SSSR count). The van der Waals surface area contributed by atoms with Gasteiger partial charge in [0.1, 0.15) is 0 Å². The molecule has 1 N–H and O–H groups in total. The van der Waals surface area contributed by atoms with Crippen molar-refractivity contribution in [1.29, 1.82) is 0 Å². The third kappa shape index (κ3) is 3.48. The third-order valence-electron chi connectivity index (χ3n) is 3.64. The van der Waals surface area contributed by atoms with Crippen LogP contribution in [0.1, 0.15) is 16.8 Å². The zero-order chi connectivity index (χ0) is 14.0. The standard InChI is InChI=1S/C14H19BrN2O2/c1-16-6-5-10(8-16)9-17(2)11-3-4-12(14(18)19)13(15)7-11/h3-4,7,10H,5-6,8-9H2,1-2H3,(H,18,19). The molecular formula is C14H19BrN2O2. The molecule has 1 aliphatic rings. The van der Waals surface area contributed by atoms with Crippen molar-refractivity contribution in [1.82, 2.24) is 4.90 Å². The lowest BCUT2D eigenvalue weighted by atomic mass is 10.1. The Bertz CT molecular complexity index is 479. The second kappa shape index (κ2) is 5.92. The number of anilines is 1. The van der Waals surface area contributed by atoms with E-state index < -0.39 is 5.97 Å². The van der Waals surface area contributed by atoms with E-state index in [9.17, 15) is 4.79 Å². The second-order valence-electron chi connectivity index (χ2n) is 5.27. The molecule has 1 saturated heterocycles. The van der Waals surface area contributed by atoms with Gasteiger partial charge in [0.25, 0.3) is 0 Å². The number of benzene rings is 1. The zero-order valence-electron chi connectivity index (χ0n) is 11.3. The summed E-state index contributed by atoms with van der Waals surface area (Å²) in [5.41, 5.74) is 1.35. The van der Waals surface area contributed by atoms with Crippen molar-refractivity contribution in [3.8, 4) is 0 Å². The summed E-state index contributed by atoms with van der Waals surface area (Å²) in [6, 6.07) is 5.40. The molecule has 0 bridgehead atoms. The van der Waals surface area contributed by atoms with E-state index in [4.69, 9.17) is 5.11 Å². The minimum Gasteiger partial charge on any atom is -0.478 e. The molecule has 4 nitrogen and oxygen atoms in total. The summed E-state index contributed by atoms with van der Waals surface area (Å²) in [5.74, 6) is -0.216. The molecule has 0 amide bonds. The van der Waals surface area contributed by atoms with Crippen molar-refractivity contribution in [3.05, 3.63) is 28.2 Å². The number of carboxylic acids is 1. The lowest BCUT2D eigenvalue weighted by Crippen LogP contribution is -2.27. The average molecular weight is 327 g/mol. The molecule has 1 aliphatic heterocycles. The maximum atomic E-state index is 11.0. The first-order chi connectivity index (χ1) is 8.97. The van der Waals surface area contributed by atoms with E-state index in [1.165, 1.54) is 13.0 Å². The van der Waals surface area contributed by atoms with Gasteiger partial charge >= 0.3 is 5.97 Å². The highest BCUT2D eigenvalue weighted by Crippen LogP contribution is 2.25. The van der Waals surface area contributed by atoms with Crippen LogP contribution in [-0.4, -0.2) is 49.7 Å². The number of aromatic carboxylic acids is 1. The van der Waals surface area contributed by atoms with E-state index in [0.29, 0.717) is 16.0 Å². The molecule has 1 aromatic rings. The van der Waals surface area contributed by atoms with Gasteiger partial charge in [-0.2, -0.15) is 0 Å². The highest BCUT2D eigenvalue weighted by atomic mass is 79.9. The fourth-order valence-corrected chi connectivity index (χ4v) is 3.12. The predicted octanol–water partition coefficient (Wildman–Crippen LogP) is 2.54. The number of halogens is 1. The first-order valence-corrected chi connectivity index (χ1v) is 7.19. The number of rotatable bonds is 4. The Morgan fingerprint density at radius 2 is 2.32 bits per heavy atom. The Labute approximate surface area is 122 Å². The van der Waals surface area contributed by atoms with Crippen molar-refractivity contribution in [2.75, 3.05) is 38.6 Å². The number of likely N-dealkylation sites (tertiary alicyclic amines) is 1. The maximum absolute atomic E-state index is 11.0. The van der Waals surface area contributed by atoms with Gasteiger partial charge in [0.2, 0.25) is 0 Å². The number of carbonyl (C=O) groups is 1. The number of hydrogen-bond donors (Lipinski definition) is 1. The number of carboxylic acid groups (broad SMARTS) is 1. The predicted molar refractivity (Wildman–Crippen MR) is 80.0 cm³/mol. The smallest absolute Gasteiger partial charge is 0.336 e. The summed E-state index contributed by atoms with van der Waals surface area (Å²) in [6.45, 7) is 3.31. The van der Waals surface area contributed by atoms with E-state index in [0.717, 1.165) is 18.8 Å². The van der Waals surface area contributed by atoms with Gasteiger partial charge in [-0.3, -0.25) is 0 Å². The van der Waals surface area contributed by atoms with E-state index in [2.05, 4.69) is 39.8 Å². The van der Waals surface area contributed by atoms with Crippen LogP contribution in [0.25, 0.3) is 0 Å². The Kier molecular flexibility index (Phi) is 4.47. The van der Waals surface area contributed by atoms with Crippen LogP contribution < -0.4 is 4.90 Å². The Morgan fingerprint density at radius 1 is 1.58 bits per heavy atom. The number of nitrogens with zero attached hydrogens (tertiary/aromatic N) is 2. The van der Waals surface area contributed by atoms with Crippen molar-refractivity contribution in [3.63, 3.8) is 0 Å². The Morgan fingerprint density at radius 3 is 2.84 bits per heavy atom. The van der Waals surface area contributed by atoms with Crippen LogP contribution in [0, 0.1) is 5.92 Å². The van der Waals surface area contributed by atoms with Gasteiger partial charge in [-0.05, 0) is 60.1 Å². The molecule has 0 saturated carbocycles. The summed E-state index contributed by atoms with van der Waals surface area (Å²) < 4.78 is 0.632. The fraction of sp³-hybridized carbons (Fsp3) is 0.500. The minimum absolute atomic E-state index is 0.303. The first-order valence-electron chi connectivity index (χ1n) is 6.40. The van der Waals surface area contributed by atoms with Crippen molar-refractivity contribution >= 4 is 27.6 Å². The lowest BCUT2D eigenvalue weighted by molar-refractivity contribution is 0.0696. The molecule has 104 valence electrons. The molecule has 0 aliphatic carbocycles. The van der Waals surface area contributed by atoms with Crippen LogP contribution in [0.5, 0.6) is 0 Å². The van der Waals surface area contributed by atoms with E-state index in [1.807, 2.05) is 12.1 Å². The second-order valence-corrected chi connectivity index (χ2v) is 6.12. The summed E-state index contributed by atoms with van der Waals surface area (Å²) in [6.07, 6.45) is 1.23. The maximum Gasteiger partial charge on any atom is 0.336 e. The van der Waals surface area contributed by atoms with Gasteiger partial charge in [-0.25, -0.2) is 4.79 Å². The van der Waals surface area contributed by atoms with Gasteiger partial charge in [0.15, 0.2) is 0 Å². The fourth-order valence-electron chi connectivity index (χ4n) is 2.58. The largest absolute Gasteiger partial charge is 0.478 e. The molecule has 0 aromatic heterocycles. The van der Waals surface area contributed by atoms with Crippen molar-refractivity contribution in [2.45, 2.75) is 6.42 Å². The molecule has 0 radical (unpaired) electrons. The van der Waals surface area contributed by atoms with Gasteiger partial charge in [0.05, 0.1) is 5.56 Å². The van der Waals surface area contributed by atoms with Gasteiger partial charge < -0.3 is 14.9 Å². The van der Waals surface area contributed by atoms with Crippen LogP contribution in [0.2, 0.25) is 0 Å².